The van der Waals surface area contributed by atoms with Gasteiger partial charge in [-0.25, -0.2) is 0 Å². The number of aliphatic hydroxyl groups is 1. The maximum atomic E-state index is 10.5. The average molecular weight is 245 g/mol. The summed E-state index contributed by atoms with van der Waals surface area (Å²) in [5.41, 5.74) is 1.39. The predicted octanol–water partition coefficient (Wildman–Crippen LogP) is 3.01. The third-order valence-corrected chi connectivity index (χ3v) is 2.43. The van der Waals surface area contributed by atoms with Gasteiger partial charge in [0, 0.05) is 12.1 Å². The molecule has 0 aliphatic heterocycles. The Kier molecular flexibility index (Phi) is 3.43. The number of non-ortho nitro benzene ring substituents is 1. The zero-order valence-corrected chi connectivity index (χ0v) is 9.45. The molecule has 0 amide bonds. The lowest BCUT2D eigenvalue weighted by molar-refractivity contribution is -0.384. The molecular formula is C13H11NO4. The van der Waals surface area contributed by atoms with Crippen LogP contribution in [0.25, 0.3) is 0 Å². The van der Waals surface area contributed by atoms with Gasteiger partial charge in [0.15, 0.2) is 0 Å². The molecule has 1 aromatic carbocycles. The minimum Gasteiger partial charge on any atom is -0.481 e. The molecule has 5 nitrogen and oxygen atoms in total. The van der Waals surface area contributed by atoms with Crippen LogP contribution in [0, 0.1) is 10.1 Å². The summed E-state index contributed by atoms with van der Waals surface area (Å²) in [4.78, 5) is 10.0. The molecule has 0 saturated carbocycles. The van der Waals surface area contributed by atoms with Crippen LogP contribution >= 0.6 is 0 Å². The van der Waals surface area contributed by atoms with E-state index in [9.17, 15) is 15.2 Å². The van der Waals surface area contributed by atoms with Crippen LogP contribution in [0.2, 0.25) is 0 Å². The highest BCUT2D eigenvalue weighted by Gasteiger charge is 2.06. The number of rotatable bonds is 4. The number of allylic oxidation sites excluding steroid dienone is 5. The van der Waals surface area contributed by atoms with Gasteiger partial charge in [0.2, 0.25) is 0 Å². The third kappa shape index (κ3) is 2.76. The van der Waals surface area contributed by atoms with E-state index < -0.39 is 4.92 Å². The molecule has 0 radical (unpaired) electrons. The number of hydrogen-bond donors (Lipinski definition) is 1. The molecule has 0 fully saturated rings. The van der Waals surface area contributed by atoms with Gasteiger partial charge in [0.25, 0.3) is 11.6 Å². The summed E-state index contributed by atoms with van der Waals surface area (Å²) < 4.78 is 5.18. The second-order valence-corrected chi connectivity index (χ2v) is 3.69. The highest BCUT2D eigenvalue weighted by atomic mass is 16.6. The topological polar surface area (TPSA) is 72.6 Å². The van der Waals surface area contributed by atoms with Gasteiger partial charge in [0.05, 0.1) is 10.5 Å². The molecule has 0 atom stereocenters. The first-order chi connectivity index (χ1) is 8.66. The van der Waals surface area contributed by atoms with E-state index in [0.717, 1.165) is 5.56 Å². The summed E-state index contributed by atoms with van der Waals surface area (Å²) in [6.45, 7) is 0.162. The van der Waals surface area contributed by atoms with Gasteiger partial charge < -0.3 is 9.84 Å². The molecular weight excluding hydrogens is 234 g/mol. The molecule has 0 saturated heterocycles. The standard InChI is InChI=1S/C13H11NO4/c15-13(11-3-1-2-4-11)18-9-10-5-7-12(8-6-10)14(16)17/h1-8,15H,9H2. The van der Waals surface area contributed by atoms with E-state index in [0.29, 0.717) is 5.57 Å². The van der Waals surface area contributed by atoms with Crippen LogP contribution in [0.3, 0.4) is 0 Å². The van der Waals surface area contributed by atoms with E-state index in [1.54, 1.807) is 36.4 Å². The highest BCUT2D eigenvalue weighted by Crippen LogP contribution is 2.16. The summed E-state index contributed by atoms with van der Waals surface area (Å²) >= 11 is 0. The minimum absolute atomic E-state index is 0.0305. The van der Waals surface area contributed by atoms with Crippen molar-refractivity contribution in [2.75, 3.05) is 0 Å². The number of benzene rings is 1. The second kappa shape index (κ2) is 5.18. The van der Waals surface area contributed by atoms with Crippen molar-refractivity contribution in [1.82, 2.24) is 0 Å². The molecule has 1 aliphatic carbocycles. The van der Waals surface area contributed by atoms with Crippen molar-refractivity contribution in [3.05, 3.63) is 75.8 Å². The maximum Gasteiger partial charge on any atom is 0.284 e. The van der Waals surface area contributed by atoms with Crippen molar-refractivity contribution < 1.29 is 14.8 Å². The quantitative estimate of drug-likeness (QED) is 0.502. The minimum atomic E-state index is -0.460. The fraction of sp³-hybridized carbons (Fsp3) is 0.0769. The Morgan fingerprint density at radius 2 is 1.83 bits per heavy atom. The Morgan fingerprint density at radius 3 is 2.39 bits per heavy atom. The van der Waals surface area contributed by atoms with E-state index in [1.165, 1.54) is 12.1 Å². The summed E-state index contributed by atoms with van der Waals surface area (Å²) in [6.07, 6.45) is 7.04. The molecule has 0 heterocycles. The predicted molar refractivity (Wildman–Crippen MR) is 65.8 cm³/mol. The zero-order valence-electron chi connectivity index (χ0n) is 9.45. The van der Waals surface area contributed by atoms with Gasteiger partial charge in [-0.05, 0) is 29.8 Å². The molecule has 18 heavy (non-hydrogen) atoms. The van der Waals surface area contributed by atoms with Crippen molar-refractivity contribution in [3.63, 3.8) is 0 Å². The van der Waals surface area contributed by atoms with Crippen LogP contribution in [-0.2, 0) is 11.3 Å². The number of aliphatic hydroxyl groups excluding tert-OH is 1. The average Bonchev–Trinajstić information content (AvgIpc) is 2.90. The molecule has 0 unspecified atom stereocenters. The number of nitro benzene ring substituents is 1. The van der Waals surface area contributed by atoms with Crippen molar-refractivity contribution in [1.29, 1.82) is 0 Å². The molecule has 0 bridgehead atoms. The normalized spacial score (nSPS) is 12.8. The lowest BCUT2D eigenvalue weighted by Gasteiger charge is -2.06. The lowest BCUT2D eigenvalue weighted by Crippen LogP contribution is -1.96. The van der Waals surface area contributed by atoms with Gasteiger partial charge in [-0.2, -0.15) is 0 Å². The summed E-state index contributed by atoms with van der Waals surface area (Å²) in [5.74, 6) is -0.154. The number of ether oxygens (including phenoxy) is 1. The third-order valence-electron chi connectivity index (χ3n) is 2.43. The Hall–Kier alpha value is -2.56. The highest BCUT2D eigenvalue weighted by molar-refractivity contribution is 5.40. The van der Waals surface area contributed by atoms with Crippen molar-refractivity contribution in [3.8, 4) is 0 Å². The van der Waals surface area contributed by atoms with Crippen LogP contribution in [0.1, 0.15) is 5.56 Å². The molecule has 0 spiro atoms. The Balaban J connectivity index is 1.98. The van der Waals surface area contributed by atoms with E-state index in [-0.39, 0.29) is 18.2 Å². The summed E-state index contributed by atoms with van der Waals surface area (Å²) in [7, 11) is 0. The molecule has 5 heteroatoms. The van der Waals surface area contributed by atoms with Crippen molar-refractivity contribution >= 4 is 5.69 Å². The number of nitro groups is 1. The monoisotopic (exact) mass is 245 g/mol. The number of nitrogens with zero attached hydrogens (tertiary/aromatic N) is 1. The largest absolute Gasteiger partial charge is 0.481 e. The molecule has 2 rings (SSSR count). The van der Waals surface area contributed by atoms with Crippen LogP contribution in [0.4, 0.5) is 5.69 Å². The lowest BCUT2D eigenvalue weighted by atomic mass is 10.2. The molecule has 1 aromatic rings. The first kappa shape index (κ1) is 11.9. The van der Waals surface area contributed by atoms with Gasteiger partial charge in [-0.3, -0.25) is 10.1 Å². The molecule has 92 valence electrons. The van der Waals surface area contributed by atoms with Crippen molar-refractivity contribution in [2.45, 2.75) is 6.61 Å². The van der Waals surface area contributed by atoms with Crippen LogP contribution < -0.4 is 0 Å². The Morgan fingerprint density at radius 1 is 1.22 bits per heavy atom. The van der Waals surface area contributed by atoms with Gasteiger partial charge in [0.1, 0.15) is 6.61 Å². The molecule has 1 aliphatic rings. The van der Waals surface area contributed by atoms with Gasteiger partial charge >= 0.3 is 0 Å². The van der Waals surface area contributed by atoms with E-state index >= 15 is 0 Å². The fourth-order valence-electron chi connectivity index (χ4n) is 1.47. The maximum absolute atomic E-state index is 10.5. The summed E-state index contributed by atoms with van der Waals surface area (Å²) in [5, 5.41) is 20.1. The molecule has 0 aromatic heterocycles. The number of hydrogen-bond acceptors (Lipinski definition) is 4. The van der Waals surface area contributed by atoms with Crippen LogP contribution in [0.15, 0.2) is 60.1 Å². The smallest absolute Gasteiger partial charge is 0.284 e. The van der Waals surface area contributed by atoms with E-state index in [4.69, 9.17) is 4.74 Å². The van der Waals surface area contributed by atoms with Crippen LogP contribution in [-0.4, -0.2) is 10.0 Å². The van der Waals surface area contributed by atoms with E-state index in [1.807, 2.05) is 0 Å². The van der Waals surface area contributed by atoms with Crippen LogP contribution in [0.5, 0.6) is 0 Å². The first-order valence-electron chi connectivity index (χ1n) is 5.31. The first-order valence-corrected chi connectivity index (χ1v) is 5.31. The SMILES string of the molecule is O=[N+]([O-])c1ccc(COC(O)=C2C=CC=C2)cc1. The summed E-state index contributed by atoms with van der Waals surface area (Å²) in [6, 6.07) is 5.99. The zero-order chi connectivity index (χ0) is 13.0. The van der Waals surface area contributed by atoms with Crippen molar-refractivity contribution in [2.24, 2.45) is 0 Å². The Labute approximate surface area is 103 Å². The van der Waals surface area contributed by atoms with Gasteiger partial charge in [-0.1, -0.05) is 12.2 Å². The Bertz CT molecular complexity index is 527. The van der Waals surface area contributed by atoms with Gasteiger partial charge in [-0.15, -0.1) is 0 Å². The van der Waals surface area contributed by atoms with E-state index in [2.05, 4.69) is 0 Å². The molecule has 1 N–H and O–H groups in total. The second-order valence-electron chi connectivity index (χ2n) is 3.69. The fourth-order valence-corrected chi connectivity index (χ4v) is 1.47.